The number of aromatic nitrogens is 8. The second-order valence-corrected chi connectivity index (χ2v) is 15.6. The number of fused-ring (bicyclic) bond motifs is 2. The predicted molar refractivity (Wildman–Crippen MR) is 225 cm³/mol. The maximum atomic E-state index is 6.52. The fraction of sp³-hybridized carbons (Fsp3) is 0.156. The largest absolute Gasteiger partial charge is 0.338 e. The first-order chi connectivity index (χ1) is 27.3. The van der Waals surface area contributed by atoms with E-state index in [2.05, 4.69) is 104 Å². The van der Waals surface area contributed by atoms with E-state index in [0.29, 0.717) is 41.2 Å². The molecule has 0 fully saturated rings. The van der Waals surface area contributed by atoms with Crippen molar-refractivity contribution in [3.05, 3.63) is 199 Å². The zero-order valence-corrected chi connectivity index (χ0v) is 33.1. The molecule has 0 atom stereocenters. The van der Waals surface area contributed by atoms with Crippen molar-refractivity contribution in [3.8, 4) is 0 Å². The molecule has 278 valence electrons. The average molecular weight is 796 g/mol. The summed E-state index contributed by atoms with van der Waals surface area (Å²) in [6.45, 7) is 6.83. The van der Waals surface area contributed by atoms with E-state index < -0.39 is 0 Å². The molecular weight excluding hydrogens is 759 g/mol. The van der Waals surface area contributed by atoms with E-state index in [1.54, 1.807) is 0 Å². The molecule has 9 rings (SSSR count). The van der Waals surface area contributed by atoms with Crippen LogP contribution >= 0.6 is 34.8 Å². The van der Waals surface area contributed by atoms with Gasteiger partial charge in [-0.3, -0.25) is 0 Å². The van der Waals surface area contributed by atoms with Crippen LogP contribution in [0.3, 0.4) is 0 Å². The summed E-state index contributed by atoms with van der Waals surface area (Å²) in [6, 6.07) is 41.3. The SMILES string of the molecule is Cc1c(C(c2ccc(Cl)cc2)c2c(C)n(Cc3cn(Cc4ccc(Cl)cc4)nn3)c3ccccc23)c2ccccc2n1Cc1cn(Cc2ccc(Cl)cc2)nn1. The van der Waals surface area contributed by atoms with Crippen molar-refractivity contribution in [2.75, 3.05) is 0 Å². The van der Waals surface area contributed by atoms with Gasteiger partial charge >= 0.3 is 0 Å². The van der Waals surface area contributed by atoms with Crippen LogP contribution < -0.4 is 0 Å². The van der Waals surface area contributed by atoms with Crippen LogP contribution in [0.25, 0.3) is 21.8 Å². The van der Waals surface area contributed by atoms with Crippen LogP contribution in [0, 0.1) is 13.8 Å². The van der Waals surface area contributed by atoms with Crippen LogP contribution in [-0.2, 0) is 26.2 Å². The van der Waals surface area contributed by atoms with Crippen LogP contribution in [0.5, 0.6) is 0 Å². The molecule has 0 aliphatic heterocycles. The molecule has 0 N–H and O–H groups in total. The van der Waals surface area contributed by atoms with Crippen molar-refractivity contribution < 1.29 is 0 Å². The summed E-state index contributed by atoms with van der Waals surface area (Å²) in [5, 5.41) is 22.7. The van der Waals surface area contributed by atoms with Gasteiger partial charge in [-0.1, -0.05) is 118 Å². The molecular formula is C45H37Cl3N8. The topological polar surface area (TPSA) is 71.3 Å². The minimum absolute atomic E-state index is 0.106. The lowest BCUT2D eigenvalue weighted by molar-refractivity contribution is 0.648. The number of para-hydroxylation sites is 2. The van der Waals surface area contributed by atoms with E-state index in [0.717, 1.165) is 39.1 Å². The van der Waals surface area contributed by atoms with Gasteiger partial charge in [-0.15, -0.1) is 10.2 Å². The highest BCUT2D eigenvalue weighted by Gasteiger charge is 2.30. The fourth-order valence-electron chi connectivity index (χ4n) is 8.04. The van der Waals surface area contributed by atoms with Crippen LogP contribution in [0.2, 0.25) is 15.1 Å². The van der Waals surface area contributed by atoms with Crippen molar-refractivity contribution in [2.24, 2.45) is 0 Å². The van der Waals surface area contributed by atoms with Crippen molar-refractivity contribution >= 4 is 56.6 Å². The van der Waals surface area contributed by atoms with Gasteiger partial charge in [0.2, 0.25) is 0 Å². The van der Waals surface area contributed by atoms with Crippen molar-refractivity contribution in [1.82, 2.24) is 39.1 Å². The lowest BCUT2D eigenvalue weighted by Crippen LogP contribution is -2.10. The number of hydrogen-bond donors (Lipinski definition) is 0. The van der Waals surface area contributed by atoms with E-state index in [1.165, 1.54) is 33.3 Å². The highest BCUT2D eigenvalue weighted by molar-refractivity contribution is 6.31. The van der Waals surface area contributed by atoms with Crippen LogP contribution in [-0.4, -0.2) is 39.1 Å². The minimum Gasteiger partial charge on any atom is -0.338 e. The molecule has 5 aromatic carbocycles. The van der Waals surface area contributed by atoms with Gasteiger partial charge in [0, 0.05) is 54.2 Å². The monoisotopic (exact) mass is 794 g/mol. The molecule has 0 aliphatic rings. The maximum absolute atomic E-state index is 6.52. The Morgan fingerprint density at radius 2 is 0.875 bits per heavy atom. The second-order valence-electron chi connectivity index (χ2n) is 14.3. The third-order valence-electron chi connectivity index (χ3n) is 10.7. The quantitative estimate of drug-likeness (QED) is 0.131. The smallest absolute Gasteiger partial charge is 0.102 e. The molecule has 0 unspecified atom stereocenters. The van der Waals surface area contributed by atoms with Crippen molar-refractivity contribution in [3.63, 3.8) is 0 Å². The van der Waals surface area contributed by atoms with Crippen LogP contribution in [0.1, 0.15) is 56.5 Å². The third-order valence-corrected chi connectivity index (χ3v) is 11.4. The number of hydrogen-bond acceptors (Lipinski definition) is 4. The molecule has 8 nitrogen and oxygen atoms in total. The van der Waals surface area contributed by atoms with Gasteiger partial charge in [-0.2, -0.15) is 0 Å². The third kappa shape index (κ3) is 7.00. The normalized spacial score (nSPS) is 11.8. The Hall–Kier alpha value is -5.67. The Morgan fingerprint density at radius 3 is 1.30 bits per heavy atom. The molecule has 11 heteroatoms. The Morgan fingerprint density at radius 1 is 0.482 bits per heavy atom. The first-order valence-corrected chi connectivity index (χ1v) is 19.6. The van der Waals surface area contributed by atoms with Gasteiger partial charge in [-0.25, -0.2) is 9.36 Å². The van der Waals surface area contributed by atoms with Crippen LogP contribution in [0.15, 0.2) is 134 Å². The Kier molecular flexibility index (Phi) is 9.71. The Balaban J connectivity index is 1.13. The van der Waals surface area contributed by atoms with Crippen molar-refractivity contribution in [1.29, 1.82) is 0 Å². The van der Waals surface area contributed by atoms with E-state index >= 15 is 0 Å². The molecule has 0 amide bonds. The predicted octanol–water partition coefficient (Wildman–Crippen LogP) is 10.7. The van der Waals surface area contributed by atoms with Gasteiger partial charge in [-0.05, 0) is 90.2 Å². The van der Waals surface area contributed by atoms with Crippen molar-refractivity contribution in [2.45, 2.75) is 45.9 Å². The highest BCUT2D eigenvalue weighted by atomic mass is 35.5. The number of rotatable bonds is 11. The average Bonchev–Trinajstić information content (AvgIpc) is 3.98. The first-order valence-electron chi connectivity index (χ1n) is 18.5. The highest BCUT2D eigenvalue weighted by Crippen LogP contribution is 2.45. The standard InChI is InChI=1S/C45H37Cl3N8/c1-29-43(39-7-3-5-9-41(39)55(29)27-37-25-53(51-49-37)23-31-11-17-34(46)18-12-31)45(33-15-21-36(48)22-16-33)44-30(2)56(42-10-6-4-8-40(42)44)28-38-26-54(52-50-38)24-32-13-19-35(47)20-14-32/h3-22,25-26,45H,23-24,27-28H2,1-2H3. The van der Waals surface area contributed by atoms with Gasteiger partial charge in [0.25, 0.3) is 0 Å². The summed E-state index contributed by atoms with van der Waals surface area (Å²) in [4.78, 5) is 0. The molecule has 0 radical (unpaired) electrons. The Bertz CT molecular complexity index is 2640. The Labute approximate surface area is 339 Å². The number of nitrogens with zero attached hydrogens (tertiary/aromatic N) is 8. The number of halogens is 3. The zero-order valence-electron chi connectivity index (χ0n) is 30.8. The second kappa shape index (κ2) is 15.1. The molecule has 4 heterocycles. The molecule has 9 aromatic rings. The summed E-state index contributed by atoms with van der Waals surface area (Å²) in [5.74, 6) is -0.106. The van der Waals surface area contributed by atoms with E-state index in [1.807, 2.05) is 82.4 Å². The molecule has 0 aliphatic carbocycles. The lowest BCUT2D eigenvalue weighted by Gasteiger charge is -2.21. The van der Waals surface area contributed by atoms with Gasteiger partial charge in [0.1, 0.15) is 11.4 Å². The van der Waals surface area contributed by atoms with Gasteiger partial charge < -0.3 is 9.13 Å². The maximum Gasteiger partial charge on any atom is 0.102 e. The van der Waals surface area contributed by atoms with E-state index in [9.17, 15) is 0 Å². The summed E-state index contributed by atoms with van der Waals surface area (Å²) >= 11 is 18.8. The van der Waals surface area contributed by atoms with Gasteiger partial charge in [0.15, 0.2) is 0 Å². The fourth-order valence-corrected chi connectivity index (χ4v) is 8.42. The molecule has 0 spiro atoms. The van der Waals surface area contributed by atoms with E-state index in [4.69, 9.17) is 34.8 Å². The van der Waals surface area contributed by atoms with Crippen LogP contribution in [0.4, 0.5) is 0 Å². The first kappa shape index (κ1) is 36.0. The molecule has 0 bridgehead atoms. The summed E-state index contributed by atoms with van der Waals surface area (Å²) in [6.07, 6.45) is 4.06. The number of benzene rings is 5. The summed E-state index contributed by atoms with van der Waals surface area (Å²) < 4.78 is 8.51. The minimum atomic E-state index is -0.106. The molecule has 0 saturated heterocycles. The van der Waals surface area contributed by atoms with Gasteiger partial charge in [0.05, 0.1) is 38.6 Å². The molecule has 0 saturated carbocycles. The van der Waals surface area contributed by atoms with E-state index in [-0.39, 0.29) is 5.92 Å². The molecule has 56 heavy (non-hydrogen) atoms. The summed E-state index contributed by atoms with van der Waals surface area (Å²) in [5.41, 5.74) is 12.3. The molecule has 4 aromatic heterocycles. The zero-order chi connectivity index (χ0) is 38.3. The summed E-state index contributed by atoms with van der Waals surface area (Å²) in [7, 11) is 0. The lowest BCUT2D eigenvalue weighted by atomic mass is 9.82.